The number of allylic oxidation sites excluding steroid dienone is 3. The third kappa shape index (κ3) is 5.27. The molecule has 7 heteroatoms. The fraction of sp³-hybridized carbons (Fsp3) is 0.333. The lowest BCUT2D eigenvalue weighted by Gasteiger charge is -2.19. The highest BCUT2D eigenvalue weighted by Gasteiger charge is 2.24. The van der Waals surface area contributed by atoms with Crippen molar-refractivity contribution in [2.45, 2.75) is 32.2 Å². The van der Waals surface area contributed by atoms with E-state index in [1.165, 1.54) is 12.1 Å². The number of hydrogen-bond donors (Lipinski definition) is 1. The van der Waals surface area contributed by atoms with Crippen molar-refractivity contribution in [2.24, 2.45) is 0 Å². The zero-order valence-electron chi connectivity index (χ0n) is 13.9. The van der Waals surface area contributed by atoms with Crippen molar-refractivity contribution in [1.29, 1.82) is 0 Å². The zero-order chi connectivity index (χ0) is 18.2. The van der Waals surface area contributed by atoms with Crippen LogP contribution in [-0.4, -0.2) is 29.4 Å². The minimum atomic E-state index is -0.847. The normalized spacial score (nSPS) is 14.4. The molecule has 0 heterocycles. The number of benzene rings is 1. The first-order valence-electron chi connectivity index (χ1n) is 8.07. The van der Waals surface area contributed by atoms with Gasteiger partial charge in [-0.2, -0.15) is 0 Å². The third-order valence-electron chi connectivity index (χ3n) is 3.77. The smallest absolute Gasteiger partial charge is 0.328 e. The van der Waals surface area contributed by atoms with E-state index in [1.807, 2.05) is 12.2 Å². The Morgan fingerprint density at radius 1 is 1.32 bits per heavy atom. The summed E-state index contributed by atoms with van der Waals surface area (Å²) in [6.07, 6.45) is 7.12. The molecule has 0 aromatic heterocycles. The first-order valence-corrected chi connectivity index (χ1v) is 8.07. The van der Waals surface area contributed by atoms with Crippen LogP contribution in [0.4, 0.5) is 5.69 Å². The molecule has 1 atom stereocenters. The molecule has 0 saturated carbocycles. The van der Waals surface area contributed by atoms with Gasteiger partial charge in [0.05, 0.1) is 11.5 Å². The number of nitro groups is 1. The predicted molar refractivity (Wildman–Crippen MR) is 91.8 cm³/mol. The highest BCUT2D eigenvalue weighted by atomic mass is 16.6. The Kier molecular flexibility index (Phi) is 6.45. The summed E-state index contributed by atoms with van der Waals surface area (Å²) in [6, 6.07) is 5.03. The SMILES string of the molecule is CCOC(=O)C(Cc1ccc([N+](=O)[O-])cc1)NC(=O)C1=CC=CCC1. The lowest BCUT2D eigenvalue weighted by molar-refractivity contribution is -0.384. The summed E-state index contributed by atoms with van der Waals surface area (Å²) < 4.78 is 5.03. The monoisotopic (exact) mass is 344 g/mol. The second-order valence-corrected chi connectivity index (χ2v) is 5.56. The second-order valence-electron chi connectivity index (χ2n) is 5.56. The van der Waals surface area contributed by atoms with Gasteiger partial charge in [-0.1, -0.05) is 30.4 Å². The molecule has 7 nitrogen and oxygen atoms in total. The zero-order valence-corrected chi connectivity index (χ0v) is 13.9. The van der Waals surface area contributed by atoms with Gasteiger partial charge in [-0.15, -0.1) is 0 Å². The number of nitrogens with one attached hydrogen (secondary N) is 1. The topological polar surface area (TPSA) is 98.5 Å². The van der Waals surface area contributed by atoms with Crippen LogP contribution in [0.5, 0.6) is 0 Å². The maximum atomic E-state index is 12.3. The molecule has 1 aromatic rings. The number of carbonyl (C=O) groups excluding carboxylic acids is 2. The standard InChI is InChI=1S/C18H20N2O5/c1-2-25-18(22)16(19-17(21)14-6-4-3-5-7-14)12-13-8-10-15(11-9-13)20(23)24/h3-4,6,8-11,16H,2,5,7,12H2,1H3,(H,19,21). The number of amides is 1. The minimum absolute atomic E-state index is 0.0281. The van der Waals surface area contributed by atoms with E-state index in [0.29, 0.717) is 17.6 Å². The third-order valence-corrected chi connectivity index (χ3v) is 3.77. The van der Waals surface area contributed by atoms with Crippen molar-refractivity contribution in [3.63, 3.8) is 0 Å². The Bertz CT molecular complexity index is 707. The average Bonchev–Trinajstić information content (AvgIpc) is 2.62. The van der Waals surface area contributed by atoms with Crippen LogP contribution in [0.15, 0.2) is 48.1 Å². The van der Waals surface area contributed by atoms with Gasteiger partial charge in [-0.25, -0.2) is 4.79 Å². The van der Waals surface area contributed by atoms with E-state index in [-0.39, 0.29) is 24.6 Å². The number of nitro benzene ring substituents is 1. The molecule has 2 rings (SSSR count). The molecule has 1 aliphatic rings. The van der Waals surface area contributed by atoms with E-state index in [2.05, 4.69) is 5.32 Å². The molecule has 0 spiro atoms. The Morgan fingerprint density at radius 2 is 2.04 bits per heavy atom. The van der Waals surface area contributed by atoms with Crippen molar-refractivity contribution >= 4 is 17.6 Å². The Labute approximate surface area is 145 Å². The molecule has 1 amide bonds. The predicted octanol–water partition coefficient (Wildman–Crippen LogP) is 2.46. The maximum absolute atomic E-state index is 12.3. The molecular weight excluding hydrogens is 324 g/mol. The van der Waals surface area contributed by atoms with Crippen LogP contribution < -0.4 is 5.32 Å². The van der Waals surface area contributed by atoms with E-state index in [0.717, 1.165) is 6.42 Å². The summed E-state index contributed by atoms with van der Waals surface area (Å²) in [5.74, 6) is -0.828. The van der Waals surface area contributed by atoms with Crippen molar-refractivity contribution < 1.29 is 19.2 Å². The van der Waals surface area contributed by atoms with Crippen molar-refractivity contribution in [1.82, 2.24) is 5.32 Å². The maximum Gasteiger partial charge on any atom is 0.328 e. The van der Waals surface area contributed by atoms with Crippen LogP contribution >= 0.6 is 0 Å². The minimum Gasteiger partial charge on any atom is -0.464 e. The fourth-order valence-corrected chi connectivity index (χ4v) is 2.47. The molecule has 132 valence electrons. The largest absolute Gasteiger partial charge is 0.464 e. The molecular formula is C18H20N2O5. The van der Waals surface area contributed by atoms with Crippen LogP contribution in [0.2, 0.25) is 0 Å². The molecule has 1 N–H and O–H groups in total. The number of esters is 1. The van der Waals surface area contributed by atoms with E-state index in [9.17, 15) is 19.7 Å². The van der Waals surface area contributed by atoms with Crippen molar-refractivity contribution in [2.75, 3.05) is 6.61 Å². The molecule has 0 bridgehead atoms. The van der Waals surface area contributed by atoms with Crippen LogP contribution in [-0.2, 0) is 20.7 Å². The Hall–Kier alpha value is -2.96. The van der Waals surface area contributed by atoms with Gasteiger partial charge in [0.1, 0.15) is 6.04 Å². The Morgan fingerprint density at radius 3 is 2.60 bits per heavy atom. The molecule has 1 aromatic carbocycles. The molecule has 0 aliphatic heterocycles. The molecule has 1 aliphatic carbocycles. The van der Waals surface area contributed by atoms with Gasteiger partial charge in [0, 0.05) is 24.1 Å². The lowest BCUT2D eigenvalue weighted by Crippen LogP contribution is -2.44. The molecule has 0 radical (unpaired) electrons. The average molecular weight is 344 g/mol. The van der Waals surface area contributed by atoms with Gasteiger partial charge >= 0.3 is 5.97 Å². The van der Waals surface area contributed by atoms with Gasteiger partial charge in [0.2, 0.25) is 5.91 Å². The number of rotatable bonds is 7. The summed E-state index contributed by atoms with van der Waals surface area (Å²) in [6.45, 7) is 1.90. The first-order chi connectivity index (χ1) is 12.0. The van der Waals surface area contributed by atoms with Crippen molar-refractivity contribution in [3.8, 4) is 0 Å². The summed E-state index contributed by atoms with van der Waals surface area (Å²) in [7, 11) is 0. The number of nitrogens with zero attached hydrogens (tertiary/aromatic N) is 1. The van der Waals surface area contributed by atoms with E-state index < -0.39 is 16.9 Å². The van der Waals surface area contributed by atoms with Gasteiger partial charge < -0.3 is 10.1 Å². The summed E-state index contributed by atoms with van der Waals surface area (Å²) in [4.78, 5) is 34.7. The lowest BCUT2D eigenvalue weighted by atomic mass is 10.0. The molecule has 25 heavy (non-hydrogen) atoms. The number of carbonyl (C=O) groups is 2. The summed E-state index contributed by atoms with van der Waals surface area (Å²) in [5.41, 5.74) is 1.28. The quantitative estimate of drug-likeness (QED) is 0.465. The highest BCUT2D eigenvalue weighted by Crippen LogP contribution is 2.15. The van der Waals surface area contributed by atoms with Crippen LogP contribution in [0.25, 0.3) is 0 Å². The highest BCUT2D eigenvalue weighted by molar-refractivity contribution is 5.96. The van der Waals surface area contributed by atoms with Gasteiger partial charge in [0.25, 0.3) is 5.69 Å². The van der Waals surface area contributed by atoms with Crippen LogP contribution in [0, 0.1) is 10.1 Å². The summed E-state index contributed by atoms with van der Waals surface area (Å²) in [5, 5.41) is 13.4. The fourth-order valence-electron chi connectivity index (χ4n) is 2.47. The first kappa shape index (κ1) is 18.4. The van der Waals surface area contributed by atoms with Gasteiger partial charge in [0.15, 0.2) is 0 Å². The number of non-ortho nitro benzene ring substituents is 1. The molecule has 1 unspecified atom stereocenters. The van der Waals surface area contributed by atoms with Crippen LogP contribution in [0.3, 0.4) is 0 Å². The Balaban J connectivity index is 2.10. The molecule has 0 saturated heterocycles. The van der Waals surface area contributed by atoms with Crippen LogP contribution in [0.1, 0.15) is 25.3 Å². The van der Waals surface area contributed by atoms with E-state index in [4.69, 9.17) is 4.74 Å². The number of hydrogen-bond acceptors (Lipinski definition) is 5. The van der Waals surface area contributed by atoms with E-state index >= 15 is 0 Å². The summed E-state index contributed by atoms with van der Waals surface area (Å²) >= 11 is 0. The van der Waals surface area contributed by atoms with Crippen molar-refractivity contribution in [3.05, 3.63) is 63.7 Å². The number of ether oxygens (including phenoxy) is 1. The molecule has 0 fully saturated rings. The second kappa shape index (κ2) is 8.77. The van der Waals surface area contributed by atoms with Gasteiger partial charge in [-0.3, -0.25) is 14.9 Å². The van der Waals surface area contributed by atoms with E-state index in [1.54, 1.807) is 25.1 Å². The van der Waals surface area contributed by atoms with Gasteiger partial charge in [-0.05, 0) is 25.3 Å².